The van der Waals surface area contributed by atoms with Gasteiger partial charge in [0.05, 0.1) is 16.7 Å². The molecule has 0 aliphatic heterocycles. The van der Waals surface area contributed by atoms with Crippen LogP contribution in [0.3, 0.4) is 0 Å². The Morgan fingerprint density at radius 1 is 0.867 bits per heavy atom. The highest BCUT2D eigenvalue weighted by atomic mass is 32.2. The van der Waals surface area contributed by atoms with E-state index in [1.54, 1.807) is 29.5 Å². The number of hydrogen-bond acceptors (Lipinski definition) is 5. The molecule has 0 spiro atoms. The van der Waals surface area contributed by atoms with Crippen molar-refractivity contribution in [1.29, 1.82) is 0 Å². The molecule has 1 rings (SSSR count). The van der Waals surface area contributed by atoms with Crippen molar-refractivity contribution in [1.82, 2.24) is 5.23 Å². The molecule has 0 saturated carbocycles. The Hall–Kier alpha value is -0.516. The second kappa shape index (κ2) is 9.54. The van der Waals surface area contributed by atoms with Crippen LogP contribution in [0.4, 0.5) is 0 Å². The smallest absolute Gasteiger partial charge is 0.223 e. The summed E-state index contributed by atoms with van der Waals surface area (Å²) in [5.41, 5.74) is 0. The Bertz CT molecular complexity index is 754. The first-order chi connectivity index (χ1) is 13.3. The van der Waals surface area contributed by atoms with Gasteiger partial charge in [-0.15, -0.1) is 0 Å². The molecule has 0 aliphatic rings. The Kier molecular flexibility index (Phi) is 8.75. The highest BCUT2D eigenvalue weighted by Crippen LogP contribution is 2.41. The third-order valence-electron chi connectivity index (χ3n) is 6.52. The van der Waals surface area contributed by atoms with Gasteiger partial charge in [0.15, 0.2) is 9.84 Å². The second-order valence-electron chi connectivity index (χ2n) is 11.3. The summed E-state index contributed by atoms with van der Waals surface area (Å²) in [6.45, 7) is 23.9. The van der Waals surface area contributed by atoms with E-state index in [0.29, 0.717) is 11.3 Å². The topological polar surface area (TPSA) is 55.8 Å². The van der Waals surface area contributed by atoms with Crippen molar-refractivity contribution in [2.45, 2.75) is 102 Å². The van der Waals surface area contributed by atoms with Gasteiger partial charge in [0, 0.05) is 0 Å². The van der Waals surface area contributed by atoms with E-state index in [1.807, 2.05) is 13.0 Å². The van der Waals surface area contributed by atoms with Crippen LogP contribution in [0.2, 0.25) is 36.3 Å². The molecule has 0 saturated heterocycles. The van der Waals surface area contributed by atoms with Gasteiger partial charge in [-0.1, -0.05) is 65.0 Å². The van der Waals surface area contributed by atoms with Gasteiger partial charge >= 0.3 is 0 Å². The van der Waals surface area contributed by atoms with E-state index in [2.05, 4.69) is 67.7 Å². The van der Waals surface area contributed by atoms with Crippen LogP contribution in [0.25, 0.3) is 0 Å². The summed E-state index contributed by atoms with van der Waals surface area (Å²) >= 11 is 0. The summed E-state index contributed by atoms with van der Waals surface area (Å²) in [5, 5.41) is 1.69. The first-order valence-corrected chi connectivity index (χ1v) is 18.2. The van der Waals surface area contributed by atoms with Crippen molar-refractivity contribution in [3.05, 3.63) is 30.3 Å². The lowest BCUT2D eigenvalue weighted by Gasteiger charge is -2.46. The van der Waals surface area contributed by atoms with E-state index in [4.69, 9.17) is 9.05 Å². The van der Waals surface area contributed by atoms with Crippen molar-refractivity contribution in [3.63, 3.8) is 0 Å². The third-order valence-corrected chi connectivity index (χ3v) is 16.8. The monoisotopic (exact) mass is 473 g/mol. The normalized spacial score (nSPS) is 15.5. The molecule has 0 aliphatic carbocycles. The molecule has 5 nitrogen and oxygen atoms in total. The van der Waals surface area contributed by atoms with Gasteiger partial charge in [-0.2, -0.15) is 0 Å². The minimum absolute atomic E-state index is 0.0118. The molecule has 174 valence electrons. The van der Waals surface area contributed by atoms with Crippen molar-refractivity contribution >= 4 is 26.5 Å². The van der Waals surface area contributed by atoms with Crippen molar-refractivity contribution < 1.29 is 17.5 Å². The van der Waals surface area contributed by atoms with Gasteiger partial charge in [0.25, 0.3) is 0 Å². The van der Waals surface area contributed by atoms with E-state index in [9.17, 15) is 8.42 Å². The lowest BCUT2D eigenvalue weighted by atomic mass is 10.2. The fourth-order valence-corrected chi connectivity index (χ4v) is 5.51. The summed E-state index contributed by atoms with van der Waals surface area (Å²) in [6.07, 6.45) is 0.431. The van der Waals surface area contributed by atoms with Gasteiger partial charge < -0.3 is 9.05 Å². The zero-order chi connectivity index (χ0) is 23.6. The molecular formula is C22H43NO4SSi2. The SMILES string of the molecule is CC(CCS(=O)(=O)c1ccccc1)N(O[Si](C)(C)C(C)(C)C)O[Si](C)(C)C(C)(C)C. The molecule has 1 aromatic carbocycles. The summed E-state index contributed by atoms with van der Waals surface area (Å²) in [6, 6.07) is 8.44. The summed E-state index contributed by atoms with van der Waals surface area (Å²) in [4.78, 5) is 0.361. The number of nitrogens with zero attached hydrogens (tertiary/aromatic N) is 1. The second-order valence-corrected chi connectivity index (χ2v) is 22.8. The highest BCUT2D eigenvalue weighted by Gasteiger charge is 2.45. The summed E-state index contributed by atoms with van der Waals surface area (Å²) in [7, 11) is -7.66. The third kappa shape index (κ3) is 7.27. The molecule has 0 heterocycles. The zero-order valence-corrected chi connectivity index (χ0v) is 23.7. The maximum absolute atomic E-state index is 12.8. The summed E-state index contributed by atoms with van der Waals surface area (Å²) < 4.78 is 38.6. The fourth-order valence-electron chi connectivity index (χ4n) is 2.10. The minimum atomic E-state index is -3.35. The molecule has 0 bridgehead atoms. The standard InChI is InChI=1S/C22H43NO4SSi2/c1-19(17-18-28(24,25)20-15-13-12-14-16-20)23(26-29(8,9)21(2,3)4)27-30(10,11)22(5,6)7/h12-16,19H,17-18H2,1-11H3. The number of hydroxylamine groups is 2. The Morgan fingerprint density at radius 3 is 1.63 bits per heavy atom. The molecule has 0 aromatic heterocycles. The van der Waals surface area contributed by atoms with E-state index in [0.717, 1.165) is 0 Å². The van der Waals surface area contributed by atoms with Crippen LogP contribution in [0, 0.1) is 0 Å². The van der Waals surface area contributed by atoms with Crippen LogP contribution >= 0.6 is 0 Å². The Morgan fingerprint density at radius 2 is 1.27 bits per heavy atom. The molecule has 0 N–H and O–H groups in total. The molecule has 0 fully saturated rings. The van der Waals surface area contributed by atoms with Crippen molar-refractivity contribution in [2.75, 3.05) is 5.75 Å². The van der Waals surface area contributed by atoms with E-state index in [-0.39, 0.29) is 21.9 Å². The average Bonchev–Trinajstić information content (AvgIpc) is 2.57. The number of benzene rings is 1. The van der Waals surface area contributed by atoms with Gasteiger partial charge in [0.1, 0.15) is 0 Å². The van der Waals surface area contributed by atoms with E-state index < -0.39 is 26.5 Å². The minimum Gasteiger partial charge on any atom is -0.321 e. The predicted octanol–water partition coefficient (Wildman–Crippen LogP) is 6.41. The van der Waals surface area contributed by atoms with Gasteiger partial charge in [-0.25, -0.2) is 8.42 Å². The highest BCUT2D eigenvalue weighted by molar-refractivity contribution is 7.91. The van der Waals surface area contributed by atoms with Gasteiger partial charge in [-0.05, 0) is 61.7 Å². The molecule has 1 unspecified atom stereocenters. The maximum Gasteiger partial charge on any atom is 0.223 e. The number of sulfone groups is 1. The zero-order valence-electron chi connectivity index (χ0n) is 20.9. The average molecular weight is 474 g/mol. The predicted molar refractivity (Wildman–Crippen MR) is 131 cm³/mol. The lowest BCUT2D eigenvalue weighted by molar-refractivity contribution is -0.298. The van der Waals surface area contributed by atoms with Crippen LogP contribution in [0.1, 0.15) is 54.9 Å². The maximum atomic E-state index is 12.8. The number of rotatable bonds is 9. The quantitative estimate of drug-likeness (QED) is 0.306. The molecule has 30 heavy (non-hydrogen) atoms. The van der Waals surface area contributed by atoms with Gasteiger partial charge in [-0.3, -0.25) is 0 Å². The molecule has 0 amide bonds. The molecule has 0 radical (unpaired) electrons. The molecule has 1 aromatic rings. The van der Waals surface area contributed by atoms with E-state index >= 15 is 0 Å². The summed E-state index contributed by atoms with van der Waals surface area (Å²) in [5.74, 6) is 0.0520. The van der Waals surface area contributed by atoms with Crippen molar-refractivity contribution in [2.24, 2.45) is 0 Å². The number of hydrogen-bond donors (Lipinski definition) is 0. The largest absolute Gasteiger partial charge is 0.321 e. The Balaban J connectivity index is 3.08. The van der Waals surface area contributed by atoms with Crippen LogP contribution in [-0.2, 0) is 18.9 Å². The van der Waals surface area contributed by atoms with E-state index in [1.165, 1.54) is 0 Å². The first kappa shape index (κ1) is 27.5. The van der Waals surface area contributed by atoms with Gasteiger partial charge in [0.2, 0.25) is 16.6 Å². The van der Waals surface area contributed by atoms with Crippen molar-refractivity contribution in [3.8, 4) is 0 Å². The molecule has 1 atom stereocenters. The van der Waals surface area contributed by atoms with Crippen LogP contribution in [-0.4, -0.2) is 42.1 Å². The molecular weight excluding hydrogens is 430 g/mol. The van der Waals surface area contributed by atoms with Crippen LogP contribution in [0.15, 0.2) is 35.2 Å². The Labute approximate surface area is 187 Å². The van der Waals surface area contributed by atoms with Crippen LogP contribution in [0.5, 0.6) is 0 Å². The fraction of sp³-hybridized carbons (Fsp3) is 0.727. The first-order valence-electron chi connectivity index (χ1n) is 10.8. The van der Waals surface area contributed by atoms with Crippen LogP contribution < -0.4 is 0 Å². The lowest BCUT2D eigenvalue weighted by Crippen LogP contribution is -2.55. The molecule has 8 heteroatoms.